The van der Waals surface area contributed by atoms with Gasteiger partial charge in [-0.2, -0.15) is 15.3 Å². The lowest BCUT2D eigenvalue weighted by atomic mass is 9.80. The van der Waals surface area contributed by atoms with Crippen LogP contribution in [-0.2, 0) is 24.1 Å². The fourth-order valence-electron chi connectivity index (χ4n) is 6.60. The normalized spacial score (nSPS) is 17.8. The van der Waals surface area contributed by atoms with Gasteiger partial charge in [0.2, 0.25) is 0 Å². The Morgan fingerprint density at radius 3 is 2.09 bits per heavy atom. The molecule has 0 aliphatic carbocycles. The second kappa shape index (κ2) is 19.9. The zero-order chi connectivity index (χ0) is 40.2. The topological polar surface area (TPSA) is 146 Å². The van der Waals surface area contributed by atoms with Crippen LogP contribution >= 0.6 is 8.53 Å². The summed E-state index contributed by atoms with van der Waals surface area (Å²) in [4.78, 5) is 22.7. The van der Waals surface area contributed by atoms with Gasteiger partial charge in [0.25, 0.3) is 20.0 Å². The highest BCUT2D eigenvalue weighted by molar-refractivity contribution is 7.44. The predicted octanol–water partition coefficient (Wildman–Crippen LogP) is 6.83. The molecule has 56 heavy (non-hydrogen) atoms. The van der Waals surface area contributed by atoms with Gasteiger partial charge in [-0.25, -0.2) is 14.3 Å². The molecule has 4 aromatic rings. The Morgan fingerprint density at radius 1 is 0.964 bits per heavy atom. The highest BCUT2D eigenvalue weighted by atomic mass is 31.2. The van der Waals surface area contributed by atoms with E-state index in [1.807, 2.05) is 93.0 Å². The summed E-state index contributed by atoms with van der Waals surface area (Å²) < 4.78 is 42.1. The Kier molecular flexibility index (Phi) is 15.1. The van der Waals surface area contributed by atoms with E-state index in [0.717, 1.165) is 22.9 Å². The van der Waals surface area contributed by atoms with E-state index >= 15 is 0 Å². The number of hydrogen-bond acceptors (Lipinski definition) is 12. The molecule has 0 radical (unpaired) electrons. The molecule has 4 atom stereocenters. The molecule has 0 N–H and O–H groups in total. The molecule has 1 unspecified atom stereocenters. The number of ether oxygens (including phenoxy) is 4. The first-order chi connectivity index (χ1) is 27.0. The maximum Gasteiger partial charge on any atom is 0.293 e. The number of aliphatic imine (C=N–C) groups is 1. The van der Waals surface area contributed by atoms with Crippen LogP contribution in [0.15, 0.2) is 94.8 Å². The number of benzene rings is 3. The summed E-state index contributed by atoms with van der Waals surface area (Å²) in [6.45, 7) is 8.61. The van der Waals surface area contributed by atoms with Crippen LogP contribution in [0.25, 0.3) is 0 Å². The minimum atomic E-state index is -1.66. The SMILES string of the molecule is COc1ccc(C(OC[C@H]2O[C@@H](n3ncc(=O)nc3/N=C\N(C)C)C[C@@H]2OP(OCCC#N)N(C(C)C)C(C)C)(c2ccccc2)c2ccc(OC)cc2)cc1. The van der Waals surface area contributed by atoms with Gasteiger partial charge < -0.3 is 32.9 Å². The lowest BCUT2D eigenvalue weighted by Crippen LogP contribution is -2.39. The molecule has 15 heteroatoms. The molecule has 0 spiro atoms. The highest BCUT2D eigenvalue weighted by Gasteiger charge is 2.45. The zero-order valence-electron chi connectivity index (χ0n) is 33.3. The lowest BCUT2D eigenvalue weighted by molar-refractivity contribution is -0.0939. The second-order valence-electron chi connectivity index (χ2n) is 13.9. The summed E-state index contributed by atoms with van der Waals surface area (Å²) in [5.41, 5.74) is 0.965. The molecule has 2 heterocycles. The van der Waals surface area contributed by atoms with Crippen LogP contribution in [0.2, 0.25) is 0 Å². The molecule has 1 aliphatic rings. The molecule has 1 aromatic heterocycles. The molecule has 1 aliphatic heterocycles. The van der Waals surface area contributed by atoms with E-state index in [-0.39, 0.29) is 37.7 Å². The van der Waals surface area contributed by atoms with Crippen LogP contribution in [0.3, 0.4) is 0 Å². The highest BCUT2D eigenvalue weighted by Crippen LogP contribution is 2.51. The average Bonchev–Trinajstić information content (AvgIpc) is 3.59. The molecule has 1 fully saturated rings. The van der Waals surface area contributed by atoms with Gasteiger partial charge in [-0.05, 0) is 68.7 Å². The van der Waals surface area contributed by atoms with Crippen molar-refractivity contribution in [3.8, 4) is 17.6 Å². The molecule has 0 saturated carbocycles. The second-order valence-corrected chi connectivity index (χ2v) is 15.3. The van der Waals surface area contributed by atoms with Crippen LogP contribution in [0.4, 0.5) is 5.95 Å². The van der Waals surface area contributed by atoms with Crippen molar-refractivity contribution < 1.29 is 28.0 Å². The number of nitrogens with zero attached hydrogens (tertiary/aromatic N) is 7. The first-order valence-corrected chi connectivity index (χ1v) is 19.7. The third kappa shape index (κ3) is 10.2. The third-order valence-corrected chi connectivity index (χ3v) is 11.2. The number of rotatable bonds is 19. The Balaban J connectivity index is 1.62. The zero-order valence-corrected chi connectivity index (χ0v) is 34.2. The average molecular weight is 786 g/mol. The summed E-state index contributed by atoms with van der Waals surface area (Å²) >= 11 is 0. The Morgan fingerprint density at radius 2 is 1.55 bits per heavy atom. The van der Waals surface area contributed by atoms with Gasteiger partial charge >= 0.3 is 0 Å². The number of methoxy groups -OCH3 is 2. The fourth-order valence-corrected chi connectivity index (χ4v) is 8.36. The third-order valence-electron chi connectivity index (χ3n) is 9.09. The van der Waals surface area contributed by atoms with Crippen molar-refractivity contribution in [2.75, 3.05) is 41.5 Å². The quantitative estimate of drug-likeness (QED) is 0.0323. The predicted molar refractivity (Wildman–Crippen MR) is 215 cm³/mol. The Bertz CT molecular complexity index is 1900. The monoisotopic (exact) mass is 785 g/mol. The molecule has 5 rings (SSSR count). The van der Waals surface area contributed by atoms with E-state index in [9.17, 15) is 10.1 Å². The lowest BCUT2D eigenvalue weighted by Gasteiger charge is -2.39. The smallest absolute Gasteiger partial charge is 0.293 e. The standard InChI is InChI=1S/C41H52N7O7P/c1-29(2)48(30(3)4)56(53-24-12-23-42)55-36-25-39(47-40(43-28-46(5)6)45-38(49)26-44-47)54-37(36)27-52-41(31-13-10-9-11-14-31,32-15-19-34(50-7)20-16-32)33-17-21-35(51-8)22-18-33/h9-11,13-22,26,28-30,36-37,39H,12,24-25,27H2,1-8H3/b43-28-/t36-,37+,39+,56?/m0/s1. The molecular weight excluding hydrogens is 733 g/mol. The van der Waals surface area contributed by atoms with E-state index in [1.165, 1.54) is 4.68 Å². The molecule has 0 amide bonds. The summed E-state index contributed by atoms with van der Waals surface area (Å²) in [6, 6.07) is 28.0. The van der Waals surface area contributed by atoms with Gasteiger partial charge in [0, 0.05) is 32.6 Å². The molecule has 298 valence electrons. The summed E-state index contributed by atoms with van der Waals surface area (Å²) in [6.07, 6.45) is 1.23. The van der Waals surface area contributed by atoms with E-state index in [2.05, 4.69) is 53.5 Å². The van der Waals surface area contributed by atoms with Crippen molar-refractivity contribution in [3.63, 3.8) is 0 Å². The first kappa shape index (κ1) is 42.4. The molecule has 1 saturated heterocycles. The molecular formula is C41H52N7O7P. The van der Waals surface area contributed by atoms with Crippen LogP contribution < -0.4 is 15.0 Å². The van der Waals surface area contributed by atoms with Crippen molar-refractivity contribution in [2.24, 2.45) is 4.99 Å². The maximum atomic E-state index is 12.4. The van der Waals surface area contributed by atoms with Gasteiger partial charge in [0.05, 0.1) is 52.4 Å². The first-order valence-electron chi connectivity index (χ1n) is 18.6. The van der Waals surface area contributed by atoms with Crippen molar-refractivity contribution in [1.82, 2.24) is 24.3 Å². The van der Waals surface area contributed by atoms with E-state index in [1.54, 1.807) is 25.5 Å². The van der Waals surface area contributed by atoms with Crippen LogP contribution in [0.5, 0.6) is 11.5 Å². The Hall–Kier alpha value is -4.74. The summed E-state index contributed by atoms with van der Waals surface area (Å²) in [7, 11) is 5.25. The van der Waals surface area contributed by atoms with Gasteiger partial charge in [0.15, 0.2) is 6.23 Å². The number of hydrogen-bond donors (Lipinski definition) is 0. The van der Waals surface area contributed by atoms with Crippen LogP contribution in [0, 0.1) is 11.3 Å². The van der Waals surface area contributed by atoms with E-state index in [0.29, 0.717) is 17.9 Å². The van der Waals surface area contributed by atoms with E-state index < -0.39 is 38.1 Å². The van der Waals surface area contributed by atoms with Crippen molar-refractivity contribution in [2.45, 2.75) is 76.7 Å². The minimum absolute atomic E-state index is 0.0583. The van der Waals surface area contributed by atoms with Crippen molar-refractivity contribution in [1.29, 1.82) is 5.26 Å². The molecule has 14 nitrogen and oxygen atoms in total. The van der Waals surface area contributed by atoms with E-state index in [4.69, 9.17) is 28.0 Å². The van der Waals surface area contributed by atoms with Gasteiger partial charge in [-0.3, -0.25) is 4.79 Å². The largest absolute Gasteiger partial charge is 0.497 e. The van der Waals surface area contributed by atoms with Crippen molar-refractivity contribution in [3.05, 3.63) is 112 Å². The molecule has 0 bridgehead atoms. The fraction of sp³-hybridized carbons (Fsp3) is 0.439. The van der Waals surface area contributed by atoms with Crippen LogP contribution in [0.1, 0.15) is 63.5 Å². The van der Waals surface area contributed by atoms with Gasteiger partial charge in [-0.15, -0.1) is 0 Å². The molecule has 3 aromatic carbocycles. The van der Waals surface area contributed by atoms with Gasteiger partial charge in [0.1, 0.15) is 29.4 Å². The van der Waals surface area contributed by atoms with Crippen LogP contribution in [-0.4, -0.2) is 96.5 Å². The summed E-state index contributed by atoms with van der Waals surface area (Å²) in [5.74, 6) is 1.51. The number of aromatic nitrogens is 3. The Labute approximate surface area is 330 Å². The van der Waals surface area contributed by atoms with Crippen molar-refractivity contribution >= 4 is 20.8 Å². The summed E-state index contributed by atoms with van der Waals surface area (Å²) in [5, 5.41) is 13.8. The minimum Gasteiger partial charge on any atom is -0.497 e. The maximum absolute atomic E-state index is 12.4. The van der Waals surface area contributed by atoms with Gasteiger partial charge in [-0.1, -0.05) is 54.6 Å². The number of nitriles is 1.